The Hall–Kier alpha value is -2.95. The number of rotatable bonds is 5. The summed E-state index contributed by atoms with van der Waals surface area (Å²) in [4.78, 5) is 4.25. The van der Waals surface area contributed by atoms with Crippen LogP contribution < -0.4 is 4.74 Å². The zero-order valence-electron chi connectivity index (χ0n) is 16.8. The molecule has 4 rings (SSSR count). The van der Waals surface area contributed by atoms with Crippen molar-refractivity contribution in [3.05, 3.63) is 60.4 Å². The second-order valence-corrected chi connectivity index (χ2v) is 9.56. The molecule has 2 aromatic carbocycles. The highest BCUT2D eigenvalue weighted by Gasteiger charge is 2.26. The van der Waals surface area contributed by atoms with Gasteiger partial charge in [0.15, 0.2) is 0 Å². The SMILES string of the molecule is CS(=O)(=O)N1CCC(Oc2cc(-c3ccc(CC#N)cc3)cc3ccncc23)CC1. The molecule has 6 nitrogen and oxygen atoms in total. The van der Waals surface area contributed by atoms with Crippen molar-refractivity contribution in [3.8, 4) is 22.9 Å². The van der Waals surface area contributed by atoms with Gasteiger partial charge >= 0.3 is 0 Å². The molecule has 1 aromatic heterocycles. The maximum absolute atomic E-state index is 11.8. The van der Waals surface area contributed by atoms with Gasteiger partial charge in [0.1, 0.15) is 11.9 Å². The maximum Gasteiger partial charge on any atom is 0.211 e. The van der Waals surface area contributed by atoms with Crippen LogP contribution in [0.2, 0.25) is 0 Å². The molecule has 1 fully saturated rings. The summed E-state index contributed by atoms with van der Waals surface area (Å²) in [6.45, 7) is 0.944. The summed E-state index contributed by atoms with van der Waals surface area (Å²) < 4.78 is 31.4. The zero-order chi connectivity index (χ0) is 21.1. The van der Waals surface area contributed by atoms with E-state index in [4.69, 9.17) is 10.00 Å². The summed E-state index contributed by atoms with van der Waals surface area (Å²) in [6, 6.07) is 16.2. The lowest BCUT2D eigenvalue weighted by Crippen LogP contribution is -2.41. The molecule has 7 heteroatoms. The summed E-state index contributed by atoms with van der Waals surface area (Å²) in [5, 5.41) is 10.8. The van der Waals surface area contributed by atoms with E-state index in [2.05, 4.69) is 17.1 Å². The van der Waals surface area contributed by atoms with Crippen molar-refractivity contribution in [2.45, 2.75) is 25.4 Å². The van der Waals surface area contributed by atoms with E-state index in [1.54, 1.807) is 12.4 Å². The molecule has 30 heavy (non-hydrogen) atoms. The Labute approximate surface area is 176 Å². The minimum Gasteiger partial charge on any atom is -0.490 e. The monoisotopic (exact) mass is 421 g/mol. The van der Waals surface area contributed by atoms with Gasteiger partial charge in [-0.2, -0.15) is 5.26 Å². The average molecular weight is 422 g/mol. The first-order valence-electron chi connectivity index (χ1n) is 9.90. The zero-order valence-corrected chi connectivity index (χ0v) is 17.6. The molecule has 0 bridgehead atoms. The molecule has 0 saturated carbocycles. The van der Waals surface area contributed by atoms with Crippen LogP contribution >= 0.6 is 0 Å². The van der Waals surface area contributed by atoms with Crippen LogP contribution in [0, 0.1) is 11.3 Å². The molecular formula is C23H23N3O3S. The number of aromatic nitrogens is 1. The molecule has 3 aromatic rings. The van der Waals surface area contributed by atoms with E-state index < -0.39 is 10.0 Å². The lowest BCUT2D eigenvalue weighted by Gasteiger charge is -2.30. The van der Waals surface area contributed by atoms with E-state index >= 15 is 0 Å². The molecule has 0 spiro atoms. The molecule has 0 unspecified atom stereocenters. The van der Waals surface area contributed by atoms with Crippen molar-refractivity contribution >= 4 is 20.8 Å². The van der Waals surface area contributed by atoms with Crippen LogP contribution in [-0.4, -0.2) is 43.2 Å². The van der Waals surface area contributed by atoms with Crippen molar-refractivity contribution in [2.75, 3.05) is 19.3 Å². The van der Waals surface area contributed by atoms with Crippen LogP contribution in [0.4, 0.5) is 0 Å². The number of sulfonamides is 1. The van der Waals surface area contributed by atoms with Crippen molar-refractivity contribution in [1.29, 1.82) is 5.26 Å². The third kappa shape index (κ3) is 4.45. The number of fused-ring (bicyclic) bond motifs is 1. The Bertz CT molecular complexity index is 1190. The van der Waals surface area contributed by atoms with Gasteiger partial charge in [-0.15, -0.1) is 0 Å². The summed E-state index contributed by atoms with van der Waals surface area (Å²) in [5.74, 6) is 0.759. The van der Waals surface area contributed by atoms with Gasteiger partial charge in [0.2, 0.25) is 10.0 Å². The number of nitriles is 1. The standard InChI is InChI=1S/C23H23N3O3S/c1-30(27,28)26-12-8-21(9-13-26)29-23-15-20(14-19-7-11-25-16-22(19)23)18-4-2-17(3-5-18)6-10-24/h2-5,7,11,14-16,21H,6,8-9,12-13H2,1H3. The third-order valence-electron chi connectivity index (χ3n) is 5.45. The highest BCUT2D eigenvalue weighted by atomic mass is 32.2. The number of pyridine rings is 1. The molecule has 1 saturated heterocycles. The number of nitrogens with zero attached hydrogens (tertiary/aromatic N) is 3. The number of hydrogen-bond acceptors (Lipinski definition) is 5. The summed E-state index contributed by atoms with van der Waals surface area (Å²) >= 11 is 0. The lowest BCUT2D eigenvalue weighted by atomic mass is 9.99. The van der Waals surface area contributed by atoms with Crippen LogP contribution in [0.1, 0.15) is 18.4 Å². The van der Waals surface area contributed by atoms with E-state index in [0.717, 1.165) is 33.2 Å². The molecule has 0 amide bonds. The van der Waals surface area contributed by atoms with Crippen molar-refractivity contribution in [3.63, 3.8) is 0 Å². The Kier molecular flexibility index (Phi) is 5.71. The molecule has 154 valence electrons. The van der Waals surface area contributed by atoms with Gasteiger partial charge in [-0.1, -0.05) is 24.3 Å². The van der Waals surface area contributed by atoms with E-state index in [1.165, 1.54) is 10.6 Å². The van der Waals surface area contributed by atoms with Crippen molar-refractivity contribution in [2.24, 2.45) is 0 Å². The smallest absolute Gasteiger partial charge is 0.211 e. The number of piperidine rings is 1. The molecular weight excluding hydrogens is 398 g/mol. The summed E-state index contributed by atoms with van der Waals surface area (Å²) in [5.41, 5.74) is 3.06. The fourth-order valence-electron chi connectivity index (χ4n) is 3.80. The Morgan fingerprint density at radius 3 is 2.53 bits per heavy atom. The topological polar surface area (TPSA) is 83.3 Å². The van der Waals surface area contributed by atoms with E-state index in [-0.39, 0.29) is 6.10 Å². The average Bonchev–Trinajstić information content (AvgIpc) is 2.74. The number of ether oxygens (including phenoxy) is 1. The van der Waals surface area contributed by atoms with Gasteiger partial charge < -0.3 is 4.74 Å². The lowest BCUT2D eigenvalue weighted by molar-refractivity contribution is 0.137. The van der Waals surface area contributed by atoms with Gasteiger partial charge in [-0.3, -0.25) is 4.98 Å². The predicted octanol–water partition coefficient (Wildman–Crippen LogP) is 3.77. The van der Waals surface area contributed by atoms with Crippen molar-refractivity contribution < 1.29 is 13.2 Å². The first-order valence-corrected chi connectivity index (χ1v) is 11.7. The molecule has 2 heterocycles. The normalized spacial score (nSPS) is 15.7. The quantitative estimate of drug-likeness (QED) is 0.626. The first-order chi connectivity index (χ1) is 14.4. The van der Waals surface area contributed by atoms with E-state index in [0.29, 0.717) is 32.4 Å². The predicted molar refractivity (Wildman–Crippen MR) is 117 cm³/mol. The van der Waals surface area contributed by atoms with Gasteiger partial charge in [0.25, 0.3) is 0 Å². The molecule has 1 aliphatic heterocycles. The molecule has 1 aliphatic rings. The van der Waals surface area contributed by atoms with Crippen LogP contribution in [-0.2, 0) is 16.4 Å². The molecule has 0 aliphatic carbocycles. The van der Waals surface area contributed by atoms with Crippen LogP contribution in [0.15, 0.2) is 54.9 Å². The minimum absolute atomic E-state index is 0.0420. The Morgan fingerprint density at radius 2 is 1.87 bits per heavy atom. The number of hydrogen-bond donors (Lipinski definition) is 0. The molecule has 0 radical (unpaired) electrons. The Balaban J connectivity index is 1.62. The second kappa shape index (κ2) is 8.42. The fraction of sp³-hybridized carbons (Fsp3) is 0.304. The Morgan fingerprint density at radius 1 is 1.13 bits per heavy atom. The number of benzene rings is 2. The van der Waals surface area contributed by atoms with Gasteiger partial charge in [0, 0.05) is 30.9 Å². The third-order valence-corrected chi connectivity index (χ3v) is 6.76. The van der Waals surface area contributed by atoms with E-state index in [9.17, 15) is 8.42 Å². The molecule has 0 N–H and O–H groups in total. The summed E-state index contributed by atoms with van der Waals surface area (Å²) in [6.07, 6.45) is 6.47. The van der Waals surface area contributed by atoms with Crippen molar-refractivity contribution in [1.82, 2.24) is 9.29 Å². The van der Waals surface area contributed by atoms with Gasteiger partial charge in [-0.05, 0) is 53.1 Å². The summed E-state index contributed by atoms with van der Waals surface area (Å²) in [7, 11) is -3.16. The van der Waals surface area contributed by atoms with Crippen LogP contribution in [0.3, 0.4) is 0 Å². The van der Waals surface area contributed by atoms with E-state index in [1.807, 2.05) is 36.4 Å². The van der Waals surface area contributed by atoms with Crippen LogP contribution in [0.25, 0.3) is 21.9 Å². The second-order valence-electron chi connectivity index (χ2n) is 7.58. The highest BCUT2D eigenvalue weighted by Crippen LogP contribution is 2.34. The largest absolute Gasteiger partial charge is 0.490 e. The fourth-order valence-corrected chi connectivity index (χ4v) is 4.67. The first kappa shape index (κ1) is 20.3. The maximum atomic E-state index is 11.8. The van der Waals surface area contributed by atoms with Gasteiger partial charge in [-0.25, -0.2) is 12.7 Å². The molecule has 0 atom stereocenters. The van der Waals surface area contributed by atoms with Crippen LogP contribution in [0.5, 0.6) is 5.75 Å². The minimum atomic E-state index is -3.16. The van der Waals surface area contributed by atoms with Gasteiger partial charge in [0.05, 0.1) is 18.7 Å². The highest BCUT2D eigenvalue weighted by molar-refractivity contribution is 7.88.